The maximum atomic E-state index is 9.77. The van der Waals surface area contributed by atoms with E-state index in [2.05, 4.69) is 12.2 Å². The van der Waals surface area contributed by atoms with Crippen molar-refractivity contribution in [1.29, 1.82) is 0 Å². The normalized spacial score (nSPS) is 26.5. The number of ether oxygens (including phenoxy) is 1. The molecule has 20 heavy (non-hydrogen) atoms. The smallest absolute Gasteiger partial charge is 0.123 e. The molecule has 0 radical (unpaired) electrons. The van der Waals surface area contributed by atoms with Crippen LogP contribution in [0.2, 0.25) is 5.02 Å². The molecule has 0 heterocycles. The molecule has 0 bridgehead atoms. The summed E-state index contributed by atoms with van der Waals surface area (Å²) in [6.45, 7) is 3.13. The molecule has 2 rings (SSSR count). The molecule has 0 spiro atoms. The van der Waals surface area contributed by atoms with E-state index < -0.39 is 0 Å². The first-order valence-corrected chi connectivity index (χ1v) is 7.65. The molecule has 0 saturated heterocycles. The summed E-state index contributed by atoms with van der Waals surface area (Å²) >= 11 is 6.05. The molecular formula is C16H24ClNO2. The van der Waals surface area contributed by atoms with E-state index in [1.807, 2.05) is 18.2 Å². The molecule has 1 fully saturated rings. The topological polar surface area (TPSA) is 41.5 Å². The maximum absolute atomic E-state index is 9.77. The van der Waals surface area contributed by atoms with Crippen LogP contribution in [-0.2, 0) is 6.54 Å². The van der Waals surface area contributed by atoms with Crippen LogP contribution in [0.5, 0.6) is 5.75 Å². The molecule has 0 amide bonds. The van der Waals surface area contributed by atoms with Crippen molar-refractivity contribution in [2.75, 3.05) is 13.7 Å². The van der Waals surface area contributed by atoms with Gasteiger partial charge in [-0.25, -0.2) is 0 Å². The quantitative estimate of drug-likeness (QED) is 0.875. The van der Waals surface area contributed by atoms with Crippen molar-refractivity contribution in [3.63, 3.8) is 0 Å². The monoisotopic (exact) mass is 297 g/mol. The lowest BCUT2D eigenvalue weighted by atomic mass is 9.77. The van der Waals surface area contributed by atoms with Crippen LogP contribution in [0.3, 0.4) is 0 Å². The van der Waals surface area contributed by atoms with Crippen molar-refractivity contribution in [1.82, 2.24) is 5.32 Å². The summed E-state index contributed by atoms with van der Waals surface area (Å²) in [7, 11) is 1.66. The number of halogens is 1. The van der Waals surface area contributed by atoms with E-state index in [0.29, 0.717) is 11.6 Å². The molecule has 1 aromatic carbocycles. The summed E-state index contributed by atoms with van der Waals surface area (Å²) in [5.74, 6) is 1.59. The Morgan fingerprint density at radius 3 is 2.70 bits per heavy atom. The molecule has 0 aromatic heterocycles. The van der Waals surface area contributed by atoms with Gasteiger partial charge in [-0.1, -0.05) is 18.5 Å². The van der Waals surface area contributed by atoms with Gasteiger partial charge in [0, 0.05) is 22.7 Å². The number of aliphatic hydroxyl groups is 1. The highest BCUT2D eigenvalue weighted by Gasteiger charge is 2.33. The molecular weight excluding hydrogens is 274 g/mol. The van der Waals surface area contributed by atoms with Gasteiger partial charge in [-0.3, -0.25) is 0 Å². The van der Waals surface area contributed by atoms with Crippen LogP contribution in [0, 0.1) is 5.92 Å². The minimum absolute atomic E-state index is 0.153. The highest BCUT2D eigenvalue weighted by atomic mass is 35.5. The van der Waals surface area contributed by atoms with Crippen molar-refractivity contribution >= 4 is 11.6 Å². The lowest BCUT2D eigenvalue weighted by Gasteiger charge is -2.39. The molecule has 112 valence electrons. The second-order valence-electron chi connectivity index (χ2n) is 5.93. The summed E-state index contributed by atoms with van der Waals surface area (Å²) in [5.41, 5.74) is 0.881. The highest BCUT2D eigenvalue weighted by molar-refractivity contribution is 6.30. The molecule has 2 N–H and O–H groups in total. The largest absolute Gasteiger partial charge is 0.496 e. The second-order valence-corrected chi connectivity index (χ2v) is 6.37. The van der Waals surface area contributed by atoms with Gasteiger partial charge >= 0.3 is 0 Å². The van der Waals surface area contributed by atoms with Crippen LogP contribution >= 0.6 is 11.6 Å². The lowest BCUT2D eigenvalue weighted by molar-refractivity contribution is 0.104. The number of benzene rings is 1. The Morgan fingerprint density at radius 2 is 2.10 bits per heavy atom. The van der Waals surface area contributed by atoms with Gasteiger partial charge in [0.2, 0.25) is 0 Å². The summed E-state index contributed by atoms with van der Waals surface area (Å²) in [4.78, 5) is 0. The fourth-order valence-corrected chi connectivity index (χ4v) is 3.07. The van der Waals surface area contributed by atoms with Crippen LogP contribution in [0.4, 0.5) is 0 Å². The Balaban J connectivity index is 2.05. The number of methoxy groups -OCH3 is 1. The molecule has 4 heteroatoms. The highest BCUT2D eigenvalue weighted by Crippen LogP contribution is 2.32. The second kappa shape index (κ2) is 6.79. The Labute approximate surface area is 126 Å². The maximum Gasteiger partial charge on any atom is 0.123 e. The first-order chi connectivity index (χ1) is 9.58. The van der Waals surface area contributed by atoms with Crippen molar-refractivity contribution in [3.05, 3.63) is 28.8 Å². The predicted octanol–water partition coefficient (Wildman–Crippen LogP) is 3.38. The summed E-state index contributed by atoms with van der Waals surface area (Å²) in [6, 6.07) is 5.63. The van der Waals surface area contributed by atoms with Crippen molar-refractivity contribution < 1.29 is 9.84 Å². The van der Waals surface area contributed by atoms with Gasteiger partial charge in [0.15, 0.2) is 0 Å². The minimum atomic E-state index is -0.153. The average Bonchev–Trinajstić information content (AvgIpc) is 2.47. The summed E-state index contributed by atoms with van der Waals surface area (Å²) < 4.78 is 5.36. The molecule has 0 aliphatic heterocycles. The molecule has 0 atom stereocenters. The minimum Gasteiger partial charge on any atom is -0.496 e. The predicted molar refractivity (Wildman–Crippen MR) is 82.3 cm³/mol. The standard InChI is InChI=1S/C16H24ClNO2/c1-12-5-7-16(11-19,8-6-12)18-10-13-9-14(17)3-4-15(13)20-2/h3-4,9,12,18-19H,5-8,10-11H2,1-2H3. The first kappa shape index (κ1) is 15.6. The third-order valence-electron chi connectivity index (χ3n) is 4.43. The zero-order valence-corrected chi connectivity index (χ0v) is 13.0. The van der Waals surface area contributed by atoms with Gasteiger partial charge in [-0.05, 0) is 49.8 Å². The van der Waals surface area contributed by atoms with Gasteiger partial charge in [0.1, 0.15) is 5.75 Å². The molecule has 1 aliphatic carbocycles. The van der Waals surface area contributed by atoms with E-state index in [1.165, 1.54) is 12.8 Å². The van der Waals surface area contributed by atoms with E-state index in [1.54, 1.807) is 7.11 Å². The van der Waals surface area contributed by atoms with E-state index in [4.69, 9.17) is 16.3 Å². The number of rotatable bonds is 5. The van der Waals surface area contributed by atoms with Crippen LogP contribution in [0.15, 0.2) is 18.2 Å². The van der Waals surface area contributed by atoms with E-state index >= 15 is 0 Å². The van der Waals surface area contributed by atoms with Crippen LogP contribution in [0.1, 0.15) is 38.2 Å². The molecule has 1 aromatic rings. The zero-order valence-electron chi connectivity index (χ0n) is 12.3. The van der Waals surface area contributed by atoms with Crippen LogP contribution < -0.4 is 10.1 Å². The van der Waals surface area contributed by atoms with Gasteiger partial charge in [-0.2, -0.15) is 0 Å². The van der Waals surface area contributed by atoms with Gasteiger partial charge < -0.3 is 15.2 Å². The van der Waals surface area contributed by atoms with E-state index in [-0.39, 0.29) is 12.1 Å². The third-order valence-corrected chi connectivity index (χ3v) is 4.67. The fraction of sp³-hybridized carbons (Fsp3) is 0.625. The fourth-order valence-electron chi connectivity index (χ4n) is 2.87. The summed E-state index contributed by atoms with van der Waals surface area (Å²) in [6.07, 6.45) is 4.38. The zero-order chi connectivity index (χ0) is 14.6. The van der Waals surface area contributed by atoms with E-state index in [9.17, 15) is 5.11 Å². The lowest BCUT2D eigenvalue weighted by Crippen LogP contribution is -2.50. The number of aliphatic hydroxyl groups excluding tert-OH is 1. The SMILES string of the molecule is COc1ccc(Cl)cc1CNC1(CO)CCC(C)CC1. The Kier molecular flexibility index (Phi) is 5.30. The Bertz CT molecular complexity index is 442. The van der Waals surface area contributed by atoms with Gasteiger partial charge in [-0.15, -0.1) is 0 Å². The van der Waals surface area contributed by atoms with Gasteiger partial charge in [0.05, 0.1) is 13.7 Å². The Morgan fingerprint density at radius 1 is 1.40 bits per heavy atom. The Hall–Kier alpha value is -0.770. The molecule has 1 saturated carbocycles. The number of hydrogen-bond acceptors (Lipinski definition) is 3. The van der Waals surface area contributed by atoms with Crippen LogP contribution in [0.25, 0.3) is 0 Å². The first-order valence-electron chi connectivity index (χ1n) is 7.27. The van der Waals surface area contributed by atoms with Crippen molar-refractivity contribution in [2.24, 2.45) is 5.92 Å². The van der Waals surface area contributed by atoms with Crippen molar-refractivity contribution in [2.45, 2.75) is 44.7 Å². The van der Waals surface area contributed by atoms with Crippen LogP contribution in [-0.4, -0.2) is 24.4 Å². The summed E-state index contributed by atoms with van der Waals surface area (Å²) in [5, 5.41) is 14.0. The molecule has 0 unspecified atom stereocenters. The third kappa shape index (κ3) is 3.66. The van der Waals surface area contributed by atoms with Gasteiger partial charge in [0.25, 0.3) is 0 Å². The molecule has 3 nitrogen and oxygen atoms in total. The number of nitrogens with one attached hydrogen (secondary N) is 1. The average molecular weight is 298 g/mol. The molecule has 1 aliphatic rings. The number of hydrogen-bond donors (Lipinski definition) is 2. The van der Waals surface area contributed by atoms with E-state index in [0.717, 1.165) is 30.1 Å². The van der Waals surface area contributed by atoms with Crippen molar-refractivity contribution in [3.8, 4) is 5.75 Å².